The Morgan fingerprint density at radius 2 is 1.62 bits per heavy atom. The number of hydrogen-bond acceptors (Lipinski definition) is 4. The minimum atomic E-state index is -0.345. The quantitative estimate of drug-likeness (QED) is 0.586. The Hall–Kier alpha value is -4.17. The van der Waals surface area contributed by atoms with Crippen molar-refractivity contribution in [3.8, 4) is 6.07 Å². The smallest absolute Gasteiger partial charge is 0.282 e. The van der Waals surface area contributed by atoms with Gasteiger partial charge in [0.1, 0.15) is 5.70 Å². The van der Waals surface area contributed by atoms with E-state index in [0.29, 0.717) is 29.1 Å². The van der Waals surface area contributed by atoms with Gasteiger partial charge in [0.15, 0.2) is 0 Å². The van der Waals surface area contributed by atoms with Crippen molar-refractivity contribution in [3.05, 3.63) is 100 Å². The Morgan fingerprint density at radius 3 is 2.34 bits per heavy atom. The van der Waals surface area contributed by atoms with Crippen LogP contribution in [0.5, 0.6) is 0 Å². The molecule has 156 valence electrons. The first-order valence-electron chi connectivity index (χ1n) is 10.6. The Balaban J connectivity index is 1.68. The van der Waals surface area contributed by atoms with Crippen LogP contribution in [0, 0.1) is 25.2 Å². The number of imide groups is 1. The lowest BCUT2D eigenvalue weighted by molar-refractivity contribution is -0.120. The number of anilines is 2. The van der Waals surface area contributed by atoms with Gasteiger partial charge in [-0.1, -0.05) is 36.4 Å². The van der Waals surface area contributed by atoms with E-state index < -0.39 is 0 Å². The second-order valence-electron chi connectivity index (χ2n) is 8.16. The fraction of sp³-hybridized carbons (Fsp3) is 0.148. The maximum atomic E-state index is 13.7. The summed E-state index contributed by atoms with van der Waals surface area (Å²) in [5.74, 6) is -0.688. The molecule has 0 saturated heterocycles. The predicted octanol–water partition coefficient (Wildman–Crippen LogP) is 4.52. The zero-order valence-electron chi connectivity index (χ0n) is 17.9. The summed E-state index contributed by atoms with van der Waals surface area (Å²) in [6.07, 6.45) is 0.818. The normalized spacial score (nSPS) is 15.4. The summed E-state index contributed by atoms with van der Waals surface area (Å²) >= 11 is 0. The van der Waals surface area contributed by atoms with Crippen LogP contribution >= 0.6 is 0 Å². The third-order valence-electron chi connectivity index (χ3n) is 6.27. The molecule has 5 heteroatoms. The number of carbonyl (C=O) groups is 2. The molecule has 0 unspecified atom stereocenters. The van der Waals surface area contributed by atoms with Gasteiger partial charge in [0.25, 0.3) is 11.8 Å². The van der Waals surface area contributed by atoms with Gasteiger partial charge in [0.2, 0.25) is 0 Å². The maximum Gasteiger partial charge on any atom is 0.282 e. The third-order valence-corrected chi connectivity index (χ3v) is 6.27. The molecule has 5 rings (SSSR count). The van der Waals surface area contributed by atoms with E-state index in [2.05, 4.69) is 12.1 Å². The topological polar surface area (TPSA) is 64.4 Å². The van der Waals surface area contributed by atoms with E-state index in [9.17, 15) is 9.59 Å². The molecule has 0 aliphatic carbocycles. The highest BCUT2D eigenvalue weighted by Crippen LogP contribution is 2.40. The van der Waals surface area contributed by atoms with Gasteiger partial charge in [0.05, 0.1) is 22.9 Å². The molecule has 3 aromatic carbocycles. The SMILES string of the molecule is Cc1ccc(C2=C(N3CCc4ccccc43)C(=O)N(c3ccc(C#N)cc3)C2=O)cc1C. The van der Waals surface area contributed by atoms with Crippen molar-refractivity contribution >= 4 is 28.8 Å². The number of benzene rings is 3. The highest BCUT2D eigenvalue weighted by molar-refractivity contribution is 6.46. The van der Waals surface area contributed by atoms with E-state index in [1.807, 2.05) is 55.1 Å². The molecular weight excluding hydrogens is 398 g/mol. The number of amides is 2. The van der Waals surface area contributed by atoms with Crippen molar-refractivity contribution in [1.82, 2.24) is 0 Å². The van der Waals surface area contributed by atoms with Gasteiger partial charge in [-0.2, -0.15) is 5.26 Å². The Labute approximate surface area is 186 Å². The maximum absolute atomic E-state index is 13.7. The van der Waals surface area contributed by atoms with Crippen LogP contribution in [-0.2, 0) is 16.0 Å². The van der Waals surface area contributed by atoms with Crippen LogP contribution in [0.2, 0.25) is 0 Å². The number of nitrogens with zero attached hydrogens (tertiary/aromatic N) is 3. The summed E-state index contributed by atoms with van der Waals surface area (Å²) < 4.78 is 0. The lowest BCUT2D eigenvalue weighted by Crippen LogP contribution is -2.34. The van der Waals surface area contributed by atoms with Gasteiger partial charge < -0.3 is 4.90 Å². The first kappa shape index (κ1) is 19.8. The Kier molecular flexibility index (Phi) is 4.64. The van der Waals surface area contributed by atoms with Crippen LogP contribution in [0.3, 0.4) is 0 Å². The van der Waals surface area contributed by atoms with E-state index in [0.717, 1.165) is 34.4 Å². The number of fused-ring (bicyclic) bond motifs is 1. The first-order chi connectivity index (χ1) is 15.5. The largest absolute Gasteiger partial charge is 0.336 e. The van der Waals surface area contributed by atoms with Crippen LogP contribution in [0.25, 0.3) is 5.57 Å². The molecule has 5 nitrogen and oxygen atoms in total. The van der Waals surface area contributed by atoms with Crippen molar-refractivity contribution in [2.75, 3.05) is 16.3 Å². The Bertz CT molecular complexity index is 1350. The van der Waals surface area contributed by atoms with Crippen LogP contribution in [0.15, 0.2) is 72.4 Å². The molecule has 0 radical (unpaired) electrons. The molecule has 2 aliphatic rings. The van der Waals surface area contributed by atoms with Gasteiger partial charge in [-0.25, -0.2) is 4.90 Å². The molecule has 0 saturated carbocycles. The van der Waals surface area contributed by atoms with Crippen molar-refractivity contribution in [2.24, 2.45) is 0 Å². The lowest BCUT2D eigenvalue weighted by Gasteiger charge is -2.22. The molecule has 0 atom stereocenters. The van der Waals surface area contributed by atoms with Crippen molar-refractivity contribution in [1.29, 1.82) is 5.26 Å². The molecule has 0 spiro atoms. The highest BCUT2D eigenvalue weighted by atomic mass is 16.2. The molecule has 32 heavy (non-hydrogen) atoms. The lowest BCUT2D eigenvalue weighted by atomic mass is 9.99. The molecule has 2 aliphatic heterocycles. The number of para-hydroxylation sites is 1. The van der Waals surface area contributed by atoms with Gasteiger partial charge in [-0.3, -0.25) is 9.59 Å². The molecule has 0 N–H and O–H groups in total. The summed E-state index contributed by atoms with van der Waals surface area (Å²) in [7, 11) is 0. The van der Waals surface area contributed by atoms with Crippen LogP contribution in [-0.4, -0.2) is 18.4 Å². The molecule has 3 aromatic rings. The molecular formula is C27H21N3O2. The van der Waals surface area contributed by atoms with E-state index >= 15 is 0 Å². The number of aryl methyl sites for hydroxylation is 2. The van der Waals surface area contributed by atoms with E-state index in [4.69, 9.17) is 5.26 Å². The second kappa shape index (κ2) is 7.51. The van der Waals surface area contributed by atoms with Gasteiger partial charge in [-0.15, -0.1) is 0 Å². The monoisotopic (exact) mass is 419 g/mol. The summed E-state index contributed by atoms with van der Waals surface area (Å²) in [6.45, 7) is 4.67. The Morgan fingerprint density at radius 1 is 0.875 bits per heavy atom. The summed E-state index contributed by atoms with van der Waals surface area (Å²) in [5, 5.41) is 9.10. The standard InChI is InChI=1S/C27H21N3O2/c1-17-7-10-21(15-18(17)2)24-25(29-14-13-20-5-3-4-6-23(20)29)27(32)30(26(24)31)22-11-8-19(16-28)9-12-22/h3-12,15H,13-14H2,1-2H3. The van der Waals surface area contributed by atoms with Crippen molar-refractivity contribution in [2.45, 2.75) is 20.3 Å². The molecule has 0 fully saturated rings. The number of hydrogen-bond donors (Lipinski definition) is 0. The summed E-state index contributed by atoms with van der Waals surface area (Å²) in [6, 6.07) is 22.5. The average Bonchev–Trinajstić information content (AvgIpc) is 3.34. The van der Waals surface area contributed by atoms with Gasteiger partial charge >= 0.3 is 0 Å². The highest BCUT2D eigenvalue weighted by Gasteiger charge is 2.44. The number of rotatable bonds is 3. The summed E-state index contributed by atoms with van der Waals surface area (Å²) in [4.78, 5) is 30.6. The minimum Gasteiger partial charge on any atom is -0.336 e. The van der Waals surface area contributed by atoms with Crippen LogP contribution in [0.4, 0.5) is 11.4 Å². The predicted molar refractivity (Wildman–Crippen MR) is 124 cm³/mol. The van der Waals surface area contributed by atoms with Gasteiger partial charge in [-0.05, 0) is 72.9 Å². The summed E-state index contributed by atoms with van der Waals surface area (Å²) in [5.41, 5.74) is 6.82. The van der Waals surface area contributed by atoms with Crippen LogP contribution < -0.4 is 9.80 Å². The minimum absolute atomic E-state index is 0.343. The fourth-order valence-electron chi connectivity index (χ4n) is 4.42. The molecule has 0 aromatic heterocycles. The van der Waals surface area contributed by atoms with Gasteiger partial charge in [0, 0.05) is 12.2 Å². The zero-order chi connectivity index (χ0) is 22.4. The van der Waals surface area contributed by atoms with Crippen molar-refractivity contribution in [3.63, 3.8) is 0 Å². The van der Waals surface area contributed by atoms with Crippen molar-refractivity contribution < 1.29 is 9.59 Å². The van der Waals surface area contributed by atoms with Crippen LogP contribution in [0.1, 0.15) is 27.8 Å². The molecule has 0 bridgehead atoms. The molecule has 2 amide bonds. The third kappa shape index (κ3) is 3.00. The number of carbonyl (C=O) groups excluding carboxylic acids is 2. The number of nitriles is 1. The van der Waals surface area contributed by atoms with E-state index in [1.54, 1.807) is 24.3 Å². The fourth-order valence-corrected chi connectivity index (χ4v) is 4.42. The average molecular weight is 419 g/mol. The first-order valence-corrected chi connectivity index (χ1v) is 10.6. The van der Waals surface area contributed by atoms with E-state index in [1.165, 1.54) is 4.90 Å². The van der Waals surface area contributed by atoms with E-state index in [-0.39, 0.29) is 11.8 Å². The second-order valence-corrected chi connectivity index (χ2v) is 8.16. The zero-order valence-corrected chi connectivity index (χ0v) is 17.9. The molecule has 2 heterocycles.